The molecule has 112 valence electrons. The minimum atomic E-state index is 0.415. The van der Waals surface area contributed by atoms with E-state index in [1.807, 2.05) is 7.05 Å². The van der Waals surface area contributed by atoms with Crippen LogP contribution >= 0.6 is 0 Å². The van der Waals surface area contributed by atoms with Crippen LogP contribution in [-0.4, -0.2) is 20.1 Å². The normalized spacial score (nSPS) is 16.9. The van der Waals surface area contributed by atoms with E-state index in [1.165, 1.54) is 49.2 Å². The van der Waals surface area contributed by atoms with E-state index in [0.717, 1.165) is 0 Å². The lowest BCUT2D eigenvalue weighted by Gasteiger charge is -2.34. The highest BCUT2D eigenvalue weighted by atomic mass is 15.1. The highest BCUT2D eigenvalue weighted by Gasteiger charge is 2.20. The molecule has 2 nitrogen and oxygen atoms in total. The van der Waals surface area contributed by atoms with E-state index in [-0.39, 0.29) is 0 Å². The van der Waals surface area contributed by atoms with Crippen molar-refractivity contribution >= 4 is 5.69 Å². The minimum Gasteiger partial charge on any atom is -0.371 e. The minimum absolute atomic E-state index is 0.415. The van der Waals surface area contributed by atoms with Crippen molar-refractivity contribution in [1.82, 2.24) is 5.32 Å². The SMILES string of the molecule is CNC(C)c1ccc2c(c1)CCCN2CCC(C)(C)C. The first-order chi connectivity index (χ1) is 9.40. The average Bonchev–Trinajstić information content (AvgIpc) is 2.42. The summed E-state index contributed by atoms with van der Waals surface area (Å²) in [6.45, 7) is 11.6. The number of fused-ring (bicyclic) bond motifs is 1. The fourth-order valence-corrected chi connectivity index (χ4v) is 2.83. The molecule has 0 spiro atoms. The zero-order valence-corrected chi connectivity index (χ0v) is 13.8. The van der Waals surface area contributed by atoms with E-state index >= 15 is 0 Å². The zero-order chi connectivity index (χ0) is 14.8. The van der Waals surface area contributed by atoms with Crippen LogP contribution in [0.3, 0.4) is 0 Å². The van der Waals surface area contributed by atoms with Crippen LogP contribution < -0.4 is 10.2 Å². The van der Waals surface area contributed by atoms with E-state index in [1.54, 1.807) is 0 Å². The standard InChI is InChI=1S/C18H30N2/c1-14(19-5)15-8-9-17-16(13-15)7-6-11-20(17)12-10-18(2,3)4/h8-9,13-14,19H,6-7,10-12H2,1-5H3. The molecule has 1 aliphatic rings. The maximum Gasteiger partial charge on any atom is 0.0398 e. The van der Waals surface area contributed by atoms with E-state index in [9.17, 15) is 0 Å². The molecule has 1 aromatic carbocycles. The number of nitrogens with one attached hydrogen (secondary N) is 1. The van der Waals surface area contributed by atoms with Crippen molar-refractivity contribution < 1.29 is 0 Å². The van der Waals surface area contributed by atoms with Gasteiger partial charge in [-0.3, -0.25) is 0 Å². The van der Waals surface area contributed by atoms with Crippen molar-refractivity contribution in [3.05, 3.63) is 29.3 Å². The van der Waals surface area contributed by atoms with Crippen LogP contribution in [0.25, 0.3) is 0 Å². The molecule has 0 saturated carbocycles. The number of rotatable bonds is 4. The van der Waals surface area contributed by atoms with E-state index in [2.05, 4.69) is 56.1 Å². The molecule has 1 aromatic rings. The second-order valence-electron chi connectivity index (χ2n) is 7.30. The molecule has 1 aliphatic heterocycles. The van der Waals surface area contributed by atoms with Crippen molar-refractivity contribution in [3.8, 4) is 0 Å². The Balaban J connectivity index is 2.15. The quantitative estimate of drug-likeness (QED) is 0.887. The van der Waals surface area contributed by atoms with Gasteiger partial charge in [-0.2, -0.15) is 0 Å². The van der Waals surface area contributed by atoms with Gasteiger partial charge in [0.1, 0.15) is 0 Å². The summed E-state index contributed by atoms with van der Waals surface area (Å²) in [7, 11) is 2.03. The van der Waals surface area contributed by atoms with Crippen LogP contribution in [0.2, 0.25) is 0 Å². The molecular formula is C18H30N2. The molecule has 1 heterocycles. The Hall–Kier alpha value is -1.02. The number of anilines is 1. The third kappa shape index (κ3) is 3.76. The Labute approximate surface area is 124 Å². The van der Waals surface area contributed by atoms with E-state index in [0.29, 0.717) is 11.5 Å². The fraction of sp³-hybridized carbons (Fsp3) is 0.667. The summed E-state index contributed by atoms with van der Waals surface area (Å²) < 4.78 is 0. The largest absolute Gasteiger partial charge is 0.371 e. The van der Waals surface area contributed by atoms with Gasteiger partial charge in [0.2, 0.25) is 0 Å². The molecule has 0 aromatic heterocycles. The number of aryl methyl sites for hydroxylation is 1. The second kappa shape index (κ2) is 6.17. The Morgan fingerprint density at radius 3 is 2.70 bits per heavy atom. The first-order valence-electron chi connectivity index (χ1n) is 7.96. The summed E-state index contributed by atoms with van der Waals surface area (Å²) in [5.41, 5.74) is 4.82. The van der Waals surface area contributed by atoms with Gasteiger partial charge in [-0.1, -0.05) is 32.9 Å². The fourth-order valence-electron chi connectivity index (χ4n) is 2.83. The lowest BCUT2D eigenvalue weighted by atomic mass is 9.91. The first kappa shape index (κ1) is 15.4. The lowest BCUT2D eigenvalue weighted by Crippen LogP contribution is -2.32. The number of hydrogen-bond acceptors (Lipinski definition) is 2. The summed E-state index contributed by atoms with van der Waals surface area (Å²) in [4.78, 5) is 2.58. The summed E-state index contributed by atoms with van der Waals surface area (Å²) >= 11 is 0. The number of benzene rings is 1. The van der Waals surface area contributed by atoms with Crippen LogP contribution in [0, 0.1) is 5.41 Å². The molecule has 2 rings (SSSR count). The van der Waals surface area contributed by atoms with Gasteiger partial charge in [-0.15, -0.1) is 0 Å². The van der Waals surface area contributed by atoms with Crippen LogP contribution in [0.1, 0.15) is 57.7 Å². The predicted molar refractivity (Wildman–Crippen MR) is 88.5 cm³/mol. The number of nitrogens with zero attached hydrogens (tertiary/aromatic N) is 1. The molecule has 1 N–H and O–H groups in total. The Morgan fingerprint density at radius 1 is 1.30 bits per heavy atom. The summed E-state index contributed by atoms with van der Waals surface area (Å²) in [5.74, 6) is 0. The monoisotopic (exact) mass is 274 g/mol. The lowest BCUT2D eigenvalue weighted by molar-refractivity contribution is 0.377. The van der Waals surface area contributed by atoms with Gasteiger partial charge in [0.05, 0.1) is 0 Å². The molecule has 2 heteroatoms. The molecule has 0 saturated heterocycles. The third-order valence-electron chi connectivity index (χ3n) is 4.38. The van der Waals surface area contributed by atoms with Crippen molar-refractivity contribution in [1.29, 1.82) is 0 Å². The summed E-state index contributed by atoms with van der Waals surface area (Å²) in [5, 5.41) is 3.33. The molecule has 0 aliphatic carbocycles. The van der Waals surface area contributed by atoms with Crippen molar-refractivity contribution in [2.45, 2.75) is 53.0 Å². The molecular weight excluding hydrogens is 244 g/mol. The molecule has 0 bridgehead atoms. The highest BCUT2D eigenvalue weighted by molar-refractivity contribution is 5.57. The average molecular weight is 274 g/mol. The Kier molecular flexibility index (Phi) is 4.74. The molecule has 20 heavy (non-hydrogen) atoms. The van der Waals surface area contributed by atoms with Crippen LogP contribution in [0.15, 0.2) is 18.2 Å². The molecule has 1 unspecified atom stereocenters. The van der Waals surface area contributed by atoms with Crippen LogP contribution in [0.5, 0.6) is 0 Å². The maximum absolute atomic E-state index is 3.33. The Morgan fingerprint density at radius 2 is 2.05 bits per heavy atom. The van der Waals surface area contributed by atoms with E-state index < -0.39 is 0 Å². The van der Waals surface area contributed by atoms with Gasteiger partial charge in [-0.25, -0.2) is 0 Å². The summed E-state index contributed by atoms with van der Waals surface area (Å²) in [6.07, 6.45) is 3.77. The van der Waals surface area contributed by atoms with Gasteiger partial charge in [0.15, 0.2) is 0 Å². The summed E-state index contributed by atoms with van der Waals surface area (Å²) in [6, 6.07) is 7.46. The van der Waals surface area contributed by atoms with Gasteiger partial charge in [0.25, 0.3) is 0 Å². The third-order valence-corrected chi connectivity index (χ3v) is 4.38. The number of hydrogen-bond donors (Lipinski definition) is 1. The van der Waals surface area contributed by atoms with Crippen molar-refractivity contribution in [2.24, 2.45) is 5.41 Å². The molecule has 0 fully saturated rings. The van der Waals surface area contributed by atoms with Crippen molar-refractivity contribution in [3.63, 3.8) is 0 Å². The van der Waals surface area contributed by atoms with Crippen LogP contribution in [0.4, 0.5) is 5.69 Å². The zero-order valence-electron chi connectivity index (χ0n) is 13.8. The van der Waals surface area contributed by atoms with Gasteiger partial charge >= 0.3 is 0 Å². The first-order valence-corrected chi connectivity index (χ1v) is 7.96. The highest BCUT2D eigenvalue weighted by Crippen LogP contribution is 2.31. The topological polar surface area (TPSA) is 15.3 Å². The van der Waals surface area contributed by atoms with Gasteiger partial charge in [-0.05, 0) is 55.8 Å². The smallest absolute Gasteiger partial charge is 0.0398 e. The van der Waals surface area contributed by atoms with Gasteiger partial charge < -0.3 is 10.2 Å². The van der Waals surface area contributed by atoms with E-state index in [4.69, 9.17) is 0 Å². The van der Waals surface area contributed by atoms with Crippen molar-refractivity contribution in [2.75, 3.05) is 25.0 Å². The van der Waals surface area contributed by atoms with Crippen LogP contribution in [-0.2, 0) is 6.42 Å². The second-order valence-corrected chi connectivity index (χ2v) is 7.30. The van der Waals surface area contributed by atoms with Gasteiger partial charge in [0, 0.05) is 24.8 Å². The predicted octanol–water partition coefficient (Wildman–Crippen LogP) is 4.16. The molecule has 1 atom stereocenters. The maximum atomic E-state index is 3.33. The Bertz CT molecular complexity index is 445. The molecule has 0 amide bonds. The molecule has 0 radical (unpaired) electrons.